The van der Waals surface area contributed by atoms with Gasteiger partial charge in [0.05, 0.1) is 6.61 Å². The fourth-order valence-electron chi connectivity index (χ4n) is 2.07. The fourth-order valence-corrected chi connectivity index (χ4v) is 2.07. The van der Waals surface area contributed by atoms with Crippen molar-refractivity contribution in [3.63, 3.8) is 0 Å². The predicted molar refractivity (Wildman–Crippen MR) is 78.6 cm³/mol. The smallest absolute Gasteiger partial charge is 0.119 e. The summed E-state index contributed by atoms with van der Waals surface area (Å²) in [4.78, 5) is 0. The summed E-state index contributed by atoms with van der Waals surface area (Å²) in [5, 5.41) is 0. The largest absolute Gasteiger partial charge is 0.493 e. The molecule has 2 N–H and O–H groups in total. The molecule has 18 heavy (non-hydrogen) atoms. The fraction of sp³-hybridized carbons (Fsp3) is 0.600. The van der Waals surface area contributed by atoms with E-state index in [1.54, 1.807) is 0 Å². The van der Waals surface area contributed by atoms with Crippen LogP contribution in [0, 0.1) is 5.92 Å². The van der Waals surface area contributed by atoms with Gasteiger partial charge in [-0.15, -0.1) is 12.4 Å². The summed E-state index contributed by atoms with van der Waals surface area (Å²) in [7, 11) is 0. The van der Waals surface area contributed by atoms with Crippen molar-refractivity contribution in [2.24, 2.45) is 11.7 Å². The molecule has 1 atom stereocenters. The monoisotopic (exact) mass is 269 g/mol. The molecule has 2 nitrogen and oxygen atoms in total. The van der Waals surface area contributed by atoms with E-state index in [1.807, 2.05) is 0 Å². The van der Waals surface area contributed by atoms with Gasteiger partial charge in [-0.1, -0.05) is 13.0 Å². The van der Waals surface area contributed by atoms with Gasteiger partial charge in [-0.25, -0.2) is 0 Å². The number of hydrogen-bond acceptors (Lipinski definition) is 2. The van der Waals surface area contributed by atoms with E-state index in [9.17, 15) is 0 Å². The van der Waals surface area contributed by atoms with Gasteiger partial charge in [-0.05, 0) is 61.8 Å². The molecule has 1 unspecified atom stereocenters. The minimum Gasteiger partial charge on any atom is -0.493 e. The molecule has 0 bridgehead atoms. The molecule has 2 rings (SSSR count). The van der Waals surface area contributed by atoms with E-state index in [4.69, 9.17) is 10.5 Å². The van der Waals surface area contributed by atoms with Gasteiger partial charge in [0.25, 0.3) is 0 Å². The maximum atomic E-state index is 5.86. The van der Waals surface area contributed by atoms with E-state index in [0.29, 0.717) is 0 Å². The van der Waals surface area contributed by atoms with E-state index < -0.39 is 0 Å². The lowest BCUT2D eigenvalue weighted by molar-refractivity contribution is 0.299. The van der Waals surface area contributed by atoms with Gasteiger partial charge in [-0.3, -0.25) is 0 Å². The number of ether oxygens (including phenoxy) is 1. The van der Waals surface area contributed by atoms with Crippen molar-refractivity contribution in [1.82, 2.24) is 0 Å². The zero-order chi connectivity index (χ0) is 12.3. The predicted octanol–water partition coefficient (Wildman–Crippen LogP) is 3.35. The van der Waals surface area contributed by atoms with E-state index in [0.717, 1.165) is 31.1 Å². The molecule has 1 aromatic rings. The number of hydrogen-bond donors (Lipinski definition) is 1. The Morgan fingerprint density at radius 3 is 2.61 bits per heavy atom. The molecular weight excluding hydrogens is 246 g/mol. The highest BCUT2D eigenvalue weighted by atomic mass is 35.5. The van der Waals surface area contributed by atoms with Gasteiger partial charge < -0.3 is 10.5 Å². The molecule has 1 fully saturated rings. The zero-order valence-corrected chi connectivity index (χ0v) is 12.1. The van der Waals surface area contributed by atoms with Crippen LogP contribution in [0.5, 0.6) is 5.75 Å². The van der Waals surface area contributed by atoms with Gasteiger partial charge in [0, 0.05) is 6.04 Å². The summed E-state index contributed by atoms with van der Waals surface area (Å²) in [5.74, 6) is 1.82. The minimum atomic E-state index is 0. The van der Waals surface area contributed by atoms with Crippen molar-refractivity contribution in [2.45, 2.75) is 45.6 Å². The van der Waals surface area contributed by atoms with Crippen LogP contribution in [0.15, 0.2) is 18.2 Å². The standard InChI is InChI=1S/C15H23NO.ClH/c1-3-13-9-15(17-10-12-4-5-12)7-6-14(13)8-11(2)16;/h6-7,9,11-12H,3-5,8,10,16H2,1-2H3;1H. The van der Waals surface area contributed by atoms with E-state index >= 15 is 0 Å². The summed E-state index contributed by atoms with van der Waals surface area (Å²) < 4.78 is 5.80. The molecule has 3 heteroatoms. The van der Waals surface area contributed by atoms with Gasteiger partial charge in [0.2, 0.25) is 0 Å². The molecule has 102 valence electrons. The minimum absolute atomic E-state index is 0. The molecule has 0 aromatic heterocycles. The molecule has 1 aromatic carbocycles. The summed E-state index contributed by atoms with van der Waals surface area (Å²) >= 11 is 0. The van der Waals surface area contributed by atoms with E-state index in [-0.39, 0.29) is 18.4 Å². The van der Waals surface area contributed by atoms with Gasteiger partial charge in [0.15, 0.2) is 0 Å². The lowest BCUT2D eigenvalue weighted by atomic mass is 9.99. The van der Waals surface area contributed by atoms with Crippen LogP contribution in [0.25, 0.3) is 0 Å². The zero-order valence-electron chi connectivity index (χ0n) is 11.3. The maximum Gasteiger partial charge on any atom is 0.119 e. The lowest BCUT2D eigenvalue weighted by Crippen LogP contribution is -2.18. The second-order valence-corrected chi connectivity index (χ2v) is 5.22. The lowest BCUT2D eigenvalue weighted by Gasteiger charge is -2.13. The van der Waals surface area contributed by atoms with Crippen molar-refractivity contribution >= 4 is 12.4 Å². The van der Waals surface area contributed by atoms with Crippen molar-refractivity contribution in [3.8, 4) is 5.75 Å². The van der Waals surface area contributed by atoms with Crippen LogP contribution in [0.3, 0.4) is 0 Å². The molecule has 1 aliphatic rings. The van der Waals surface area contributed by atoms with Crippen molar-refractivity contribution < 1.29 is 4.74 Å². The molecule has 0 heterocycles. The van der Waals surface area contributed by atoms with Gasteiger partial charge in [0.1, 0.15) is 5.75 Å². The third kappa shape index (κ3) is 4.51. The Morgan fingerprint density at radius 1 is 1.33 bits per heavy atom. The van der Waals surface area contributed by atoms with Crippen molar-refractivity contribution in [2.75, 3.05) is 6.61 Å². The van der Waals surface area contributed by atoms with Crippen molar-refractivity contribution in [3.05, 3.63) is 29.3 Å². The number of benzene rings is 1. The molecule has 1 saturated carbocycles. The molecular formula is C15H24ClNO. The first-order chi connectivity index (χ1) is 8.19. The Morgan fingerprint density at radius 2 is 2.06 bits per heavy atom. The Labute approximate surface area is 116 Å². The SMILES string of the molecule is CCc1cc(OCC2CC2)ccc1CC(C)N.Cl. The molecule has 0 spiro atoms. The van der Waals surface area contributed by atoms with Gasteiger partial charge in [-0.2, -0.15) is 0 Å². The number of halogens is 1. The Bertz CT molecular complexity index is 375. The van der Waals surface area contributed by atoms with Crippen LogP contribution in [-0.2, 0) is 12.8 Å². The molecule has 1 aliphatic carbocycles. The number of rotatable bonds is 6. The summed E-state index contributed by atoms with van der Waals surface area (Å²) in [6.45, 7) is 5.12. The normalized spacial score (nSPS) is 15.9. The summed E-state index contributed by atoms with van der Waals surface area (Å²) in [6, 6.07) is 6.66. The van der Waals surface area contributed by atoms with Crippen LogP contribution in [0.2, 0.25) is 0 Å². The van der Waals surface area contributed by atoms with E-state index in [2.05, 4.69) is 32.0 Å². The maximum absolute atomic E-state index is 5.86. The van der Waals surface area contributed by atoms with Crippen LogP contribution < -0.4 is 10.5 Å². The number of nitrogens with two attached hydrogens (primary N) is 1. The first-order valence-corrected chi connectivity index (χ1v) is 6.69. The second kappa shape index (κ2) is 7.01. The molecule has 0 amide bonds. The first-order valence-electron chi connectivity index (χ1n) is 6.69. The van der Waals surface area contributed by atoms with Crippen LogP contribution in [-0.4, -0.2) is 12.6 Å². The Balaban J connectivity index is 0.00000162. The summed E-state index contributed by atoms with van der Waals surface area (Å²) in [6.07, 6.45) is 4.67. The molecule has 0 radical (unpaired) electrons. The van der Waals surface area contributed by atoms with Crippen LogP contribution in [0.1, 0.15) is 37.8 Å². The highest BCUT2D eigenvalue weighted by Crippen LogP contribution is 2.30. The topological polar surface area (TPSA) is 35.2 Å². The average Bonchev–Trinajstić information content (AvgIpc) is 3.11. The average molecular weight is 270 g/mol. The van der Waals surface area contributed by atoms with Crippen LogP contribution in [0.4, 0.5) is 0 Å². The third-order valence-corrected chi connectivity index (χ3v) is 3.28. The third-order valence-electron chi connectivity index (χ3n) is 3.28. The quantitative estimate of drug-likeness (QED) is 0.860. The molecule has 0 saturated heterocycles. The molecule has 0 aliphatic heterocycles. The second-order valence-electron chi connectivity index (χ2n) is 5.22. The summed E-state index contributed by atoms with van der Waals surface area (Å²) in [5.41, 5.74) is 8.59. The first kappa shape index (κ1) is 15.3. The Hall–Kier alpha value is -0.730. The van der Waals surface area contributed by atoms with Gasteiger partial charge >= 0.3 is 0 Å². The Kier molecular flexibility index (Phi) is 5.97. The highest BCUT2D eigenvalue weighted by Gasteiger charge is 2.21. The van der Waals surface area contributed by atoms with Crippen LogP contribution >= 0.6 is 12.4 Å². The van der Waals surface area contributed by atoms with Crippen molar-refractivity contribution in [1.29, 1.82) is 0 Å². The van der Waals surface area contributed by atoms with E-state index in [1.165, 1.54) is 24.0 Å². The highest BCUT2D eigenvalue weighted by molar-refractivity contribution is 5.85. The number of aryl methyl sites for hydroxylation is 1.